The van der Waals surface area contributed by atoms with E-state index >= 15 is 0 Å². The number of hydrogen-bond donors (Lipinski definition) is 1. The van der Waals surface area contributed by atoms with Crippen molar-refractivity contribution >= 4 is 10.8 Å². The molecule has 0 aliphatic rings. The van der Waals surface area contributed by atoms with E-state index in [0.717, 1.165) is 17.4 Å². The molecular formula is C21H22O. The minimum absolute atomic E-state index is 0.0775. The third-order valence-corrected chi connectivity index (χ3v) is 4.09. The predicted molar refractivity (Wildman–Crippen MR) is 93.8 cm³/mol. The molecule has 0 radical (unpaired) electrons. The monoisotopic (exact) mass is 290 g/mol. The standard InChI is InChI=1S/C21H22O/c1-15(2)13-16-9-11-17(12-10-16)19-6-4-7-20-18(14-22)5-3-8-21(19)20/h3-12,15,22H,13-14H2,1-2H3. The van der Waals surface area contributed by atoms with Crippen molar-refractivity contribution in [3.63, 3.8) is 0 Å². The van der Waals surface area contributed by atoms with Crippen LogP contribution in [0.1, 0.15) is 25.0 Å². The van der Waals surface area contributed by atoms with Gasteiger partial charge >= 0.3 is 0 Å². The number of hydrogen-bond acceptors (Lipinski definition) is 1. The van der Waals surface area contributed by atoms with Crippen LogP contribution in [0.25, 0.3) is 21.9 Å². The van der Waals surface area contributed by atoms with Crippen molar-refractivity contribution < 1.29 is 5.11 Å². The van der Waals surface area contributed by atoms with E-state index in [1.54, 1.807) is 0 Å². The SMILES string of the molecule is CC(C)Cc1ccc(-c2cccc3c(CO)cccc23)cc1. The topological polar surface area (TPSA) is 20.2 Å². The lowest BCUT2D eigenvalue weighted by molar-refractivity contribution is 0.283. The van der Waals surface area contributed by atoms with E-state index in [4.69, 9.17) is 0 Å². The van der Waals surface area contributed by atoms with Crippen LogP contribution in [0.3, 0.4) is 0 Å². The summed E-state index contributed by atoms with van der Waals surface area (Å²) in [5, 5.41) is 11.9. The average Bonchev–Trinajstić information content (AvgIpc) is 2.54. The summed E-state index contributed by atoms with van der Waals surface area (Å²) < 4.78 is 0. The van der Waals surface area contributed by atoms with Crippen LogP contribution in [0.2, 0.25) is 0 Å². The molecule has 0 heterocycles. The van der Waals surface area contributed by atoms with Gasteiger partial charge in [-0.25, -0.2) is 0 Å². The number of rotatable bonds is 4. The molecule has 0 bridgehead atoms. The van der Waals surface area contributed by atoms with Crippen molar-refractivity contribution in [3.05, 3.63) is 71.8 Å². The average molecular weight is 290 g/mol. The summed E-state index contributed by atoms with van der Waals surface area (Å²) in [7, 11) is 0. The van der Waals surface area contributed by atoms with Gasteiger partial charge in [-0.3, -0.25) is 0 Å². The molecule has 112 valence electrons. The molecular weight excluding hydrogens is 268 g/mol. The normalized spacial score (nSPS) is 11.3. The molecule has 1 heteroatoms. The van der Waals surface area contributed by atoms with E-state index in [0.29, 0.717) is 5.92 Å². The zero-order chi connectivity index (χ0) is 15.5. The van der Waals surface area contributed by atoms with Gasteiger partial charge in [-0.2, -0.15) is 0 Å². The molecule has 22 heavy (non-hydrogen) atoms. The fourth-order valence-corrected chi connectivity index (χ4v) is 3.06. The molecule has 0 atom stereocenters. The maximum Gasteiger partial charge on any atom is 0.0687 e. The first-order valence-corrected chi connectivity index (χ1v) is 7.90. The van der Waals surface area contributed by atoms with Crippen LogP contribution in [0.5, 0.6) is 0 Å². The van der Waals surface area contributed by atoms with E-state index in [9.17, 15) is 5.11 Å². The second-order valence-electron chi connectivity index (χ2n) is 6.27. The predicted octanol–water partition coefficient (Wildman–Crippen LogP) is 5.20. The van der Waals surface area contributed by atoms with Crippen molar-refractivity contribution in [2.24, 2.45) is 5.92 Å². The summed E-state index contributed by atoms with van der Waals surface area (Å²) in [5.74, 6) is 0.676. The zero-order valence-corrected chi connectivity index (χ0v) is 13.2. The van der Waals surface area contributed by atoms with Crippen LogP contribution in [0.15, 0.2) is 60.7 Å². The van der Waals surface area contributed by atoms with Gasteiger partial charge in [0.1, 0.15) is 0 Å². The van der Waals surface area contributed by atoms with Crippen molar-refractivity contribution in [1.82, 2.24) is 0 Å². The van der Waals surface area contributed by atoms with E-state index in [1.165, 1.54) is 22.1 Å². The van der Waals surface area contributed by atoms with Gasteiger partial charge < -0.3 is 5.11 Å². The molecule has 0 aliphatic heterocycles. The number of fused-ring (bicyclic) bond motifs is 1. The lowest BCUT2D eigenvalue weighted by Gasteiger charge is -2.11. The lowest BCUT2D eigenvalue weighted by Crippen LogP contribution is -1.93. The molecule has 3 rings (SSSR count). The first kappa shape index (κ1) is 14.8. The van der Waals surface area contributed by atoms with Gasteiger partial charge in [0.2, 0.25) is 0 Å². The van der Waals surface area contributed by atoms with Crippen LogP contribution in [-0.4, -0.2) is 5.11 Å². The first-order chi connectivity index (χ1) is 10.7. The molecule has 0 saturated heterocycles. The van der Waals surface area contributed by atoms with Crippen LogP contribution >= 0.6 is 0 Å². The Labute approximate surface area is 132 Å². The maximum atomic E-state index is 9.52. The van der Waals surface area contributed by atoms with Crippen molar-refractivity contribution in [1.29, 1.82) is 0 Å². The Morgan fingerprint density at radius 3 is 2.18 bits per heavy atom. The van der Waals surface area contributed by atoms with Crippen LogP contribution in [0.4, 0.5) is 0 Å². The fourth-order valence-electron chi connectivity index (χ4n) is 3.06. The third-order valence-electron chi connectivity index (χ3n) is 4.09. The van der Waals surface area contributed by atoms with Crippen molar-refractivity contribution in [3.8, 4) is 11.1 Å². The molecule has 1 N–H and O–H groups in total. The van der Waals surface area contributed by atoms with Crippen molar-refractivity contribution in [2.75, 3.05) is 0 Å². The summed E-state index contributed by atoms with van der Waals surface area (Å²) >= 11 is 0. The molecule has 0 amide bonds. The minimum Gasteiger partial charge on any atom is -0.392 e. The Balaban J connectivity index is 2.06. The van der Waals surface area contributed by atoms with E-state index in [2.05, 4.69) is 62.4 Å². The van der Waals surface area contributed by atoms with Gasteiger partial charge in [-0.15, -0.1) is 0 Å². The number of aliphatic hydroxyl groups excluding tert-OH is 1. The highest BCUT2D eigenvalue weighted by atomic mass is 16.3. The highest BCUT2D eigenvalue weighted by molar-refractivity contribution is 5.98. The molecule has 0 aromatic heterocycles. The number of benzene rings is 3. The fraction of sp³-hybridized carbons (Fsp3) is 0.238. The largest absolute Gasteiger partial charge is 0.392 e. The van der Waals surface area contributed by atoms with Gasteiger partial charge in [0.05, 0.1) is 6.61 Å². The lowest BCUT2D eigenvalue weighted by atomic mass is 9.94. The Morgan fingerprint density at radius 1 is 0.818 bits per heavy atom. The van der Waals surface area contributed by atoms with Crippen LogP contribution < -0.4 is 0 Å². The molecule has 0 aliphatic carbocycles. The van der Waals surface area contributed by atoms with Gasteiger partial charge in [-0.05, 0) is 45.4 Å². The smallest absolute Gasteiger partial charge is 0.0687 e. The summed E-state index contributed by atoms with van der Waals surface area (Å²) in [4.78, 5) is 0. The van der Waals surface area contributed by atoms with Crippen LogP contribution in [0, 0.1) is 5.92 Å². The summed E-state index contributed by atoms with van der Waals surface area (Å²) in [6.45, 7) is 4.57. The third kappa shape index (κ3) is 2.90. The van der Waals surface area contributed by atoms with E-state index in [1.807, 2.05) is 12.1 Å². The molecule has 0 unspecified atom stereocenters. The Bertz CT molecular complexity index is 770. The molecule has 3 aromatic rings. The van der Waals surface area contributed by atoms with E-state index < -0.39 is 0 Å². The quantitative estimate of drug-likeness (QED) is 0.700. The van der Waals surface area contributed by atoms with Gasteiger partial charge in [0.15, 0.2) is 0 Å². The molecule has 0 fully saturated rings. The van der Waals surface area contributed by atoms with Gasteiger partial charge in [0.25, 0.3) is 0 Å². The molecule has 3 aromatic carbocycles. The summed E-state index contributed by atoms with van der Waals surface area (Å²) in [6, 6.07) is 21.3. The zero-order valence-electron chi connectivity index (χ0n) is 13.2. The Kier molecular flexibility index (Phi) is 4.26. The summed E-state index contributed by atoms with van der Waals surface area (Å²) in [6.07, 6.45) is 1.12. The molecule has 1 nitrogen and oxygen atoms in total. The van der Waals surface area contributed by atoms with Crippen LogP contribution in [-0.2, 0) is 13.0 Å². The minimum atomic E-state index is 0.0775. The highest BCUT2D eigenvalue weighted by Gasteiger charge is 2.06. The molecule has 0 saturated carbocycles. The highest BCUT2D eigenvalue weighted by Crippen LogP contribution is 2.30. The van der Waals surface area contributed by atoms with E-state index in [-0.39, 0.29) is 6.61 Å². The maximum absolute atomic E-state index is 9.52. The second-order valence-corrected chi connectivity index (χ2v) is 6.27. The summed E-state index contributed by atoms with van der Waals surface area (Å²) in [5.41, 5.74) is 4.82. The Morgan fingerprint density at radius 2 is 1.50 bits per heavy atom. The Hall–Kier alpha value is -2.12. The van der Waals surface area contributed by atoms with Crippen molar-refractivity contribution in [2.45, 2.75) is 26.9 Å². The van der Waals surface area contributed by atoms with Gasteiger partial charge in [0, 0.05) is 0 Å². The first-order valence-electron chi connectivity index (χ1n) is 7.90. The van der Waals surface area contributed by atoms with Gasteiger partial charge in [-0.1, -0.05) is 74.5 Å². The molecule has 0 spiro atoms. The second kappa shape index (κ2) is 6.33. The number of aliphatic hydroxyl groups is 1.